The molecule has 6 nitrogen and oxygen atoms in total. The predicted molar refractivity (Wildman–Crippen MR) is 112 cm³/mol. The number of aromatic nitrogens is 1. The molecule has 1 aromatic heterocycles. The maximum absolute atomic E-state index is 13.9. The average Bonchev–Trinajstić information content (AvgIpc) is 3.01. The molecule has 2 amide bonds. The molecule has 0 spiro atoms. The Labute approximate surface area is 173 Å². The lowest BCUT2D eigenvalue weighted by Crippen LogP contribution is -2.45. The molecule has 30 heavy (non-hydrogen) atoms. The number of nitrogens with one attached hydrogen (secondary N) is 2. The van der Waals surface area contributed by atoms with E-state index in [1.54, 1.807) is 10.6 Å². The third-order valence-corrected chi connectivity index (χ3v) is 5.60. The van der Waals surface area contributed by atoms with Gasteiger partial charge in [0.2, 0.25) is 0 Å². The summed E-state index contributed by atoms with van der Waals surface area (Å²) >= 11 is 0. The predicted octanol–water partition coefficient (Wildman–Crippen LogP) is 3.26. The minimum atomic E-state index is -0.933. The first kappa shape index (κ1) is 19.9. The third-order valence-electron chi connectivity index (χ3n) is 5.60. The van der Waals surface area contributed by atoms with Crippen molar-refractivity contribution < 1.29 is 19.1 Å². The van der Waals surface area contributed by atoms with E-state index in [1.165, 1.54) is 12.1 Å². The molecule has 1 atom stereocenters. The van der Waals surface area contributed by atoms with E-state index in [0.29, 0.717) is 25.8 Å². The Morgan fingerprint density at radius 1 is 1.17 bits per heavy atom. The molecule has 0 saturated carbocycles. The van der Waals surface area contributed by atoms with Gasteiger partial charge >= 0.3 is 12.0 Å². The number of halogens is 1. The van der Waals surface area contributed by atoms with Crippen molar-refractivity contribution in [3.63, 3.8) is 0 Å². The summed E-state index contributed by atoms with van der Waals surface area (Å²) in [6, 6.07) is 14.1. The zero-order valence-electron chi connectivity index (χ0n) is 16.5. The largest absolute Gasteiger partial charge is 0.480 e. The second-order valence-electron chi connectivity index (χ2n) is 7.64. The fraction of sp³-hybridized carbons (Fsp3) is 0.304. The molecule has 2 aromatic carbocycles. The van der Waals surface area contributed by atoms with Gasteiger partial charge in [0.05, 0.1) is 0 Å². The quantitative estimate of drug-likeness (QED) is 0.584. The number of rotatable bonds is 6. The average molecular weight is 409 g/mol. The summed E-state index contributed by atoms with van der Waals surface area (Å²) in [5.74, 6) is -1.29. The van der Waals surface area contributed by atoms with Gasteiger partial charge in [0.25, 0.3) is 0 Å². The highest BCUT2D eigenvalue weighted by atomic mass is 19.1. The van der Waals surface area contributed by atoms with Crippen LogP contribution in [-0.2, 0) is 30.6 Å². The Kier molecular flexibility index (Phi) is 5.70. The number of benzene rings is 2. The Balaban J connectivity index is 1.44. The molecular weight excluding hydrogens is 385 g/mol. The van der Waals surface area contributed by atoms with Crippen molar-refractivity contribution in [2.24, 2.45) is 0 Å². The first-order chi connectivity index (χ1) is 14.5. The monoisotopic (exact) mass is 409 g/mol. The number of carbonyl (C=O) groups excluding carboxylic acids is 1. The van der Waals surface area contributed by atoms with Crippen LogP contribution in [0.2, 0.25) is 0 Å². The molecule has 0 aliphatic heterocycles. The van der Waals surface area contributed by atoms with Gasteiger partial charge in [0.15, 0.2) is 0 Å². The van der Waals surface area contributed by atoms with E-state index < -0.39 is 5.97 Å². The molecule has 0 saturated heterocycles. The van der Waals surface area contributed by atoms with Gasteiger partial charge in [-0.05, 0) is 55.0 Å². The molecule has 1 heterocycles. The van der Waals surface area contributed by atoms with Gasteiger partial charge in [-0.2, -0.15) is 0 Å². The Morgan fingerprint density at radius 2 is 1.97 bits per heavy atom. The van der Waals surface area contributed by atoms with Crippen molar-refractivity contribution in [1.29, 1.82) is 0 Å². The first-order valence-corrected chi connectivity index (χ1v) is 10.1. The minimum absolute atomic E-state index is 0.0821. The van der Waals surface area contributed by atoms with E-state index in [9.17, 15) is 19.1 Å². The van der Waals surface area contributed by atoms with Crippen molar-refractivity contribution in [2.75, 3.05) is 6.54 Å². The van der Waals surface area contributed by atoms with Crippen LogP contribution in [0.5, 0.6) is 0 Å². The second-order valence-corrected chi connectivity index (χ2v) is 7.64. The third kappa shape index (κ3) is 4.30. The van der Waals surface area contributed by atoms with Crippen LogP contribution < -0.4 is 10.6 Å². The number of hydrogen-bond donors (Lipinski definition) is 3. The van der Waals surface area contributed by atoms with Gasteiger partial charge < -0.3 is 20.3 Å². The zero-order valence-corrected chi connectivity index (χ0v) is 16.5. The number of aliphatic carboxylic acids is 1. The SMILES string of the molecule is O=C(O)Cn1c2c(c3cc(F)ccc31)C[C@@H](NC(=O)NCCc1ccccc1)CC2. The molecule has 7 heteroatoms. The highest BCUT2D eigenvalue weighted by Gasteiger charge is 2.27. The summed E-state index contributed by atoms with van der Waals surface area (Å²) in [5.41, 5.74) is 3.72. The lowest BCUT2D eigenvalue weighted by atomic mass is 9.91. The molecule has 1 aliphatic carbocycles. The molecule has 1 aliphatic rings. The van der Waals surface area contributed by atoms with Crippen LogP contribution in [0, 0.1) is 5.82 Å². The maximum Gasteiger partial charge on any atom is 0.323 e. The van der Waals surface area contributed by atoms with Gasteiger partial charge in [-0.3, -0.25) is 4.79 Å². The van der Waals surface area contributed by atoms with Crippen molar-refractivity contribution >= 4 is 22.9 Å². The lowest BCUT2D eigenvalue weighted by Gasteiger charge is -2.25. The van der Waals surface area contributed by atoms with E-state index in [-0.39, 0.29) is 24.4 Å². The number of fused-ring (bicyclic) bond motifs is 3. The Bertz CT molecular complexity index is 1080. The van der Waals surface area contributed by atoms with Gasteiger partial charge in [-0.15, -0.1) is 0 Å². The number of hydrogen-bond acceptors (Lipinski definition) is 2. The summed E-state index contributed by atoms with van der Waals surface area (Å²) in [6.45, 7) is 0.381. The lowest BCUT2D eigenvalue weighted by molar-refractivity contribution is -0.137. The Morgan fingerprint density at radius 3 is 2.73 bits per heavy atom. The van der Waals surface area contributed by atoms with Crippen molar-refractivity contribution in [3.05, 3.63) is 71.2 Å². The number of urea groups is 1. The van der Waals surface area contributed by atoms with Crippen LogP contribution in [0.3, 0.4) is 0 Å². The number of carbonyl (C=O) groups is 2. The van der Waals surface area contributed by atoms with E-state index >= 15 is 0 Å². The number of carboxylic acids is 1. The molecule has 0 fully saturated rings. The zero-order chi connectivity index (χ0) is 21.1. The maximum atomic E-state index is 13.9. The van der Waals surface area contributed by atoms with E-state index in [4.69, 9.17) is 0 Å². The Hall–Kier alpha value is -3.35. The van der Waals surface area contributed by atoms with Gasteiger partial charge in [-0.1, -0.05) is 30.3 Å². The van der Waals surface area contributed by atoms with Crippen LogP contribution in [0.15, 0.2) is 48.5 Å². The van der Waals surface area contributed by atoms with Gasteiger partial charge in [-0.25, -0.2) is 9.18 Å². The molecule has 0 bridgehead atoms. The summed E-state index contributed by atoms with van der Waals surface area (Å²) < 4.78 is 15.6. The second kappa shape index (κ2) is 8.57. The molecular formula is C23H24FN3O3. The molecule has 3 aromatic rings. The van der Waals surface area contributed by atoms with Crippen LogP contribution >= 0.6 is 0 Å². The molecule has 3 N–H and O–H groups in total. The minimum Gasteiger partial charge on any atom is -0.480 e. The molecule has 4 rings (SSSR count). The topological polar surface area (TPSA) is 83.4 Å². The van der Waals surface area contributed by atoms with Crippen molar-refractivity contribution in [3.8, 4) is 0 Å². The summed E-state index contributed by atoms with van der Waals surface area (Å²) in [7, 11) is 0. The first-order valence-electron chi connectivity index (χ1n) is 10.1. The van der Waals surface area contributed by atoms with Crippen molar-refractivity contribution in [1.82, 2.24) is 15.2 Å². The normalized spacial score (nSPS) is 15.6. The van der Waals surface area contributed by atoms with E-state index in [2.05, 4.69) is 10.6 Å². The summed E-state index contributed by atoms with van der Waals surface area (Å²) in [5, 5.41) is 15.9. The summed E-state index contributed by atoms with van der Waals surface area (Å²) in [4.78, 5) is 23.6. The van der Waals surface area contributed by atoms with E-state index in [1.807, 2.05) is 30.3 Å². The van der Waals surface area contributed by atoms with Crippen LogP contribution in [0.1, 0.15) is 23.2 Å². The van der Waals surface area contributed by atoms with Crippen LogP contribution in [0.4, 0.5) is 9.18 Å². The van der Waals surface area contributed by atoms with Gasteiger partial charge in [0, 0.05) is 29.2 Å². The highest BCUT2D eigenvalue weighted by molar-refractivity contribution is 5.87. The van der Waals surface area contributed by atoms with Gasteiger partial charge in [0.1, 0.15) is 12.4 Å². The fourth-order valence-corrected chi connectivity index (χ4v) is 4.26. The standard InChI is InChI=1S/C23H24FN3O3/c24-16-6-8-20-18(12-16)19-13-17(7-9-21(19)27(20)14-22(28)29)26-23(30)25-11-10-15-4-2-1-3-5-15/h1-6,8,12,17H,7,9-11,13-14H2,(H,28,29)(H2,25,26,30)/t17-/m0/s1. The molecule has 0 unspecified atom stereocenters. The van der Waals surface area contributed by atoms with E-state index in [0.717, 1.165) is 34.1 Å². The molecule has 0 radical (unpaired) electrons. The van der Waals surface area contributed by atoms with Crippen LogP contribution in [0.25, 0.3) is 10.9 Å². The number of carboxylic acid groups (broad SMARTS) is 1. The number of amides is 2. The highest BCUT2D eigenvalue weighted by Crippen LogP contribution is 2.32. The molecule has 156 valence electrons. The summed E-state index contributed by atoms with van der Waals surface area (Å²) in [6.07, 6.45) is 2.64. The number of nitrogens with zero attached hydrogens (tertiary/aromatic N) is 1. The smallest absolute Gasteiger partial charge is 0.323 e. The fourth-order valence-electron chi connectivity index (χ4n) is 4.26. The van der Waals surface area contributed by atoms with Crippen LogP contribution in [-0.4, -0.2) is 34.3 Å². The van der Waals surface area contributed by atoms with Crippen molar-refractivity contribution in [2.45, 2.75) is 38.3 Å².